The lowest BCUT2D eigenvalue weighted by atomic mass is 9.90. The number of aliphatic hydroxyl groups is 1. The van der Waals surface area contributed by atoms with Crippen LogP contribution in [0.4, 0.5) is 0 Å². The first-order chi connectivity index (χ1) is 13.3. The molecule has 0 amide bonds. The lowest BCUT2D eigenvalue weighted by molar-refractivity contribution is -0.156. The van der Waals surface area contributed by atoms with Crippen LogP contribution in [0.5, 0.6) is 11.5 Å². The van der Waals surface area contributed by atoms with E-state index in [9.17, 15) is 9.90 Å². The average molecular weight is 382 g/mol. The Morgan fingerprint density at radius 2 is 1.82 bits per heavy atom. The lowest BCUT2D eigenvalue weighted by Crippen LogP contribution is -2.30. The van der Waals surface area contributed by atoms with E-state index in [1.54, 1.807) is 27.9 Å². The number of ether oxygens (including phenoxy) is 3. The number of methoxy groups -OCH3 is 1. The normalized spacial score (nSPS) is 17.0. The van der Waals surface area contributed by atoms with E-state index in [1.165, 1.54) is 0 Å². The minimum atomic E-state index is -1.04. The van der Waals surface area contributed by atoms with Crippen LogP contribution in [0, 0.1) is 0 Å². The molecule has 2 atom stereocenters. The van der Waals surface area contributed by atoms with Crippen molar-refractivity contribution in [3.8, 4) is 11.5 Å². The number of rotatable bonds is 5. The monoisotopic (exact) mass is 382 g/mol. The van der Waals surface area contributed by atoms with Crippen molar-refractivity contribution in [2.75, 3.05) is 7.11 Å². The van der Waals surface area contributed by atoms with Crippen LogP contribution < -0.4 is 9.47 Å². The highest BCUT2D eigenvalue weighted by Gasteiger charge is 2.32. The van der Waals surface area contributed by atoms with E-state index in [2.05, 4.69) is 0 Å². The second-order valence-corrected chi connectivity index (χ2v) is 7.73. The summed E-state index contributed by atoms with van der Waals surface area (Å²) in [6, 6.07) is 15.1. The summed E-state index contributed by atoms with van der Waals surface area (Å²) in [5, 5.41) is 10.9. The van der Waals surface area contributed by atoms with Crippen LogP contribution in [0.25, 0.3) is 6.08 Å². The van der Waals surface area contributed by atoms with Gasteiger partial charge in [-0.05, 0) is 39.0 Å². The molecule has 5 heteroatoms. The van der Waals surface area contributed by atoms with E-state index >= 15 is 0 Å². The molecule has 1 heterocycles. The van der Waals surface area contributed by atoms with Crippen molar-refractivity contribution in [3.63, 3.8) is 0 Å². The van der Waals surface area contributed by atoms with E-state index in [-0.39, 0.29) is 6.42 Å². The highest BCUT2D eigenvalue weighted by molar-refractivity contribution is 5.73. The number of carbonyl (C=O) groups excluding carboxylic acids is 1. The first-order valence-electron chi connectivity index (χ1n) is 9.28. The number of hydrogen-bond donors (Lipinski definition) is 1. The van der Waals surface area contributed by atoms with Crippen molar-refractivity contribution >= 4 is 12.0 Å². The molecule has 0 aromatic heterocycles. The maximum atomic E-state index is 12.2. The minimum Gasteiger partial charge on any atom is -0.496 e. The zero-order chi connectivity index (χ0) is 20.3. The van der Waals surface area contributed by atoms with E-state index < -0.39 is 23.8 Å². The summed E-state index contributed by atoms with van der Waals surface area (Å²) in [7, 11) is 1.59. The molecule has 0 fully saturated rings. The molecule has 2 aromatic carbocycles. The van der Waals surface area contributed by atoms with Gasteiger partial charge in [0.2, 0.25) is 0 Å². The number of hydrogen-bond acceptors (Lipinski definition) is 5. The molecule has 1 aliphatic heterocycles. The third-order valence-corrected chi connectivity index (χ3v) is 4.37. The molecule has 0 bridgehead atoms. The van der Waals surface area contributed by atoms with Gasteiger partial charge in [-0.15, -0.1) is 0 Å². The van der Waals surface area contributed by atoms with Gasteiger partial charge in [0.05, 0.1) is 19.6 Å². The lowest BCUT2D eigenvalue weighted by Gasteiger charge is -2.31. The Morgan fingerprint density at radius 3 is 2.54 bits per heavy atom. The van der Waals surface area contributed by atoms with Gasteiger partial charge in [-0.1, -0.05) is 36.4 Å². The van der Waals surface area contributed by atoms with Gasteiger partial charge in [-0.25, -0.2) is 0 Å². The average Bonchev–Trinajstić information content (AvgIpc) is 2.65. The fraction of sp³-hybridized carbons (Fsp3) is 0.348. The van der Waals surface area contributed by atoms with Gasteiger partial charge in [0.25, 0.3) is 0 Å². The van der Waals surface area contributed by atoms with Gasteiger partial charge >= 0.3 is 5.97 Å². The van der Waals surface area contributed by atoms with Gasteiger partial charge in [0.1, 0.15) is 17.1 Å². The molecule has 148 valence electrons. The summed E-state index contributed by atoms with van der Waals surface area (Å²) >= 11 is 0. The topological polar surface area (TPSA) is 65.0 Å². The number of para-hydroxylation sites is 2. The molecule has 5 nitrogen and oxygen atoms in total. The predicted molar refractivity (Wildman–Crippen MR) is 107 cm³/mol. The Morgan fingerprint density at radius 1 is 1.14 bits per heavy atom. The van der Waals surface area contributed by atoms with Gasteiger partial charge in [-0.2, -0.15) is 0 Å². The largest absolute Gasteiger partial charge is 0.496 e. The second kappa shape index (κ2) is 8.07. The Bertz CT molecular complexity index is 879. The molecule has 0 saturated carbocycles. The zero-order valence-electron chi connectivity index (χ0n) is 16.6. The van der Waals surface area contributed by atoms with Crippen LogP contribution in [0.1, 0.15) is 44.4 Å². The molecule has 0 unspecified atom stereocenters. The van der Waals surface area contributed by atoms with Gasteiger partial charge in [0, 0.05) is 16.7 Å². The molecule has 1 N–H and O–H groups in total. The Balaban J connectivity index is 1.96. The van der Waals surface area contributed by atoms with E-state index in [0.29, 0.717) is 17.1 Å². The van der Waals surface area contributed by atoms with Crippen LogP contribution in [-0.2, 0) is 9.53 Å². The SMILES string of the molecule is COc1ccccc1[C@@H]1Oc2ccccc2C=C1[C@H](O)CC(=O)OC(C)(C)C. The maximum Gasteiger partial charge on any atom is 0.309 e. The Hall–Kier alpha value is -2.79. The Kier molecular flexibility index (Phi) is 5.75. The number of benzene rings is 2. The van der Waals surface area contributed by atoms with Crippen molar-refractivity contribution in [1.82, 2.24) is 0 Å². The number of esters is 1. The van der Waals surface area contributed by atoms with Crippen LogP contribution in [0.3, 0.4) is 0 Å². The third-order valence-electron chi connectivity index (χ3n) is 4.37. The van der Waals surface area contributed by atoms with Crippen LogP contribution in [0.2, 0.25) is 0 Å². The van der Waals surface area contributed by atoms with Crippen LogP contribution >= 0.6 is 0 Å². The number of carbonyl (C=O) groups is 1. The molecule has 0 saturated heterocycles. The molecule has 2 aromatic rings. The third kappa shape index (κ3) is 4.54. The van der Waals surface area contributed by atoms with Gasteiger partial charge in [-0.3, -0.25) is 4.79 Å². The molecular weight excluding hydrogens is 356 g/mol. The van der Waals surface area contributed by atoms with Crippen molar-refractivity contribution in [1.29, 1.82) is 0 Å². The fourth-order valence-electron chi connectivity index (χ4n) is 3.21. The minimum absolute atomic E-state index is 0.153. The van der Waals surface area contributed by atoms with E-state index in [0.717, 1.165) is 11.1 Å². The Labute approximate surface area is 165 Å². The standard InChI is InChI=1S/C23H26O5/c1-23(2,3)28-21(25)14-18(24)17-13-15-9-5-7-11-19(15)27-22(17)16-10-6-8-12-20(16)26-4/h5-13,18,22,24H,14H2,1-4H3/t18-,22+/m1/s1. The van der Waals surface area contributed by atoms with Crippen LogP contribution in [-0.4, -0.2) is 29.9 Å². The molecule has 3 rings (SSSR count). The summed E-state index contributed by atoms with van der Waals surface area (Å²) in [4.78, 5) is 12.2. The molecule has 28 heavy (non-hydrogen) atoms. The molecule has 0 spiro atoms. The molecule has 0 aliphatic carbocycles. The van der Waals surface area contributed by atoms with Crippen LogP contribution in [0.15, 0.2) is 54.1 Å². The quantitative estimate of drug-likeness (QED) is 0.781. The predicted octanol–water partition coefficient (Wildman–Crippen LogP) is 4.31. The number of fused-ring (bicyclic) bond motifs is 1. The molecule has 0 radical (unpaired) electrons. The van der Waals surface area contributed by atoms with E-state index in [1.807, 2.05) is 54.6 Å². The highest BCUT2D eigenvalue weighted by atomic mass is 16.6. The summed E-state index contributed by atoms with van der Waals surface area (Å²) in [5.74, 6) is 0.910. The first-order valence-corrected chi connectivity index (χ1v) is 9.28. The van der Waals surface area contributed by atoms with E-state index in [4.69, 9.17) is 14.2 Å². The molecular formula is C23H26O5. The molecule has 1 aliphatic rings. The van der Waals surface area contributed by atoms with Gasteiger partial charge in [0.15, 0.2) is 6.10 Å². The van der Waals surface area contributed by atoms with Gasteiger partial charge < -0.3 is 19.3 Å². The summed E-state index contributed by atoms with van der Waals surface area (Å²) in [5.41, 5.74) is 1.62. The van der Waals surface area contributed by atoms with Crippen molar-refractivity contribution in [2.24, 2.45) is 0 Å². The zero-order valence-corrected chi connectivity index (χ0v) is 16.6. The smallest absolute Gasteiger partial charge is 0.309 e. The summed E-state index contributed by atoms with van der Waals surface area (Å²) in [6.45, 7) is 5.40. The van der Waals surface area contributed by atoms with Crippen molar-refractivity contribution in [3.05, 3.63) is 65.2 Å². The summed E-state index contributed by atoms with van der Waals surface area (Å²) in [6.07, 6.45) is 0.118. The highest BCUT2D eigenvalue weighted by Crippen LogP contribution is 2.42. The number of aliphatic hydroxyl groups excluding tert-OH is 1. The maximum absolute atomic E-state index is 12.2. The second-order valence-electron chi connectivity index (χ2n) is 7.73. The summed E-state index contributed by atoms with van der Waals surface area (Å²) < 4.78 is 17.1. The fourth-order valence-corrected chi connectivity index (χ4v) is 3.21. The first kappa shape index (κ1) is 20.0. The van der Waals surface area contributed by atoms with Crippen molar-refractivity contribution in [2.45, 2.75) is 45.0 Å². The van der Waals surface area contributed by atoms with Crippen molar-refractivity contribution < 1.29 is 24.1 Å².